The van der Waals surface area contributed by atoms with Crippen LogP contribution in [0.15, 0.2) is 5.16 Å². The molecule has 0 unspecified atom stereocenters. The summed E-state index contributed by atoms with van der Waals surface area (Å²) in [5.41, 5.74) is 0. The molecule has 0 saturated heterocycles. The van der Waals surface area contributed by atoms with Gasteiger partial charge in [0.15, 0.2) is 5.16 Å². The summed E-state index contributed by atoms with van der Waals surface area (Å²) in [4.78, 5) is 11.6. The third kappa shape index (κ3) is 4.12. The minimum atomic E-state index is -4.55. The molecule has 0 radical (unpaired) electrons. The first-order chi connectivity index (χ1) is 8.77. The Bertz CT molecular complexity index is 446. The summed E-state index contributed by atoms with van der Waals surface area (Å²) in [7, 11) is 1.22. The van der Waals surface area contributed by atoms with Crippen molar-refractivity contribution in [1.82, 2.24) is 20.1 Å². The van der Waals surface area contributed by atoms with Gasteiger partial charge in [-0.2, -0.15) is 13.2 Å². The van der Waals surface area contributed by atoms with Gasteiger partial charge in [-0.05, 0) is 13.3 Å². The molecule has 0 aliphatic carbocycles. The van der Waals surface area contributed by atoms with Gasteiger partial charge in [-0.25, -0.2) is 0 Å². The Morgan fingerprint density at radius 3 is 2.58 bits per heavy atom. The maximum Gasteiger partial charge on any atom is 0.451 e. The number of alkyl halides is 3. The predicted octanol–water partition coefficient (Wildman–Crippen LogP) is 1.84. The Morgan fingerprint density at radius 2 is 2.11 bits per heavy atom. The number of carbonyl (C=O) groups excluding carboxylic acids is 1. The van der Waals surface area contributed by atoms with Crippen molar-refractivity contribution in [2.75, 3.05) is 6.54 Å². The highest BCUT2D eigenvalue weighted by atomic mass is 32.2. The highest BCUT2D eigenvalue weighted by Crippen LogP contribution is 2.30. The Balaban J connectivity index is 2.73. The van der Waals surface area contributed by atoms with E-state index in [1.54, 1.807) is 6.92 Å². The fourth-order valence-corrected chi connectivity index (χ4v) is 2.11. The van der Waals surface area contributed by atoms with Gasteiger partial charge in [0.05, 0.1) is 5.25 Å². The molecule has 0 fully saturated rings. The van der Waals surface area contributed by atoms with E-state index in [9.17, 15) is 18.0 Å². The van der Waals surface area contributed by atoms with Crippen LogP contribution in [0.25, 0.3) is 0 Å². The van der Waals surface area contributed by atoms with Gasteiger partial charge in [0.1, 0.15) is 0 Å². The van der Waals surface area contributed by atoms with Gasteiger partial charge in [-0.3, -0.25) is 4.79 Å². The molecular formula is C10H15F3N4OS. The van der Waals surface area contributed by atoms with Gasteiger partial charge in [0, 0.05) is 13.6 Å². The van der Waals surface area contributed by atoms with Crippen LogP contribution in [0.1, 0.15) is 26.1 Å². The highest BCUT2D eigenvalue weighted by Gasteiger charge is 2.37. The smallest absolute Gasteiger partial charge is 0.355 e. The minimum absolute atomic E-state index is 0.0615. The van der Waals surface area contributed by atoms with Crippen molar-refractivity contribution in [3.05, 3.63) is 5.82 Å². The molecule has 1 atom stereocenters. The summed E-state index contributed by atoms with van der Waals surface area (Å²) in [6.07, 6.45) is -3.75. The van der Waals surface area contributed by atoms with Gasteiger partial charge < -0.3 is 9.88 Å². The number of amides is 1. The van der Waals surface area contributed by atoms with Crippen molar-refractivity contribution in [2.24, 2.45) is 7.05 Å². The second-order valence-electron chi connectivity index (χ2n) is 3.91. The molecule has 1 rings (SSSR count). The zero-order valence-electron chi connectivity index (χ0n) is 10.8. The van der Waals surface area contributed by atoms with Crippen LogP contribution in [0.2, 0.25) is 0 Å². The van der Waals surface area contributed by atoms with E-state index in [2.05, 4.69) is 15.5 Å². The van der Waals surface area contributed by atoms with E-state index in [0.717, 1.165) is 22.7 Å². The first-order valence-corrected chi connectivity index (χ1v) is 6.56. The van der Waals surface area contributed by atoms with Crippen LogP contribution >= 0.6 is 11.8 Å². The van der Waals surface area contributed by atoms with Crippen LogP contribution in [-0.4, -0.2) is 32.5 Å². The van der Waals surface area contributed by atoms with Crippen molar-refractivity contribution in [2.45, 2.75) is 36.9 Å². The first kappa shape index (κ1) is 15.8. The molecule has 1 heterocycles. The molecule has 1 amide bonds. The van der Waals surface area contributed by atoms with Gasteiger partial charge in [-0.15, -0.1) is 10.2 Å². The van der Waals surface area contributed by atoms with Gasteiger partial charge in [0.25, 0.3) is 0 Å². The van der Waals surface area contributed by atoms with Crippen molar-refractivity contribution < 1.29 is 18.0 Å². The predicted molar refractivity (Wildman–Crippen MR) is 64.6 cm³/mol. The number of halogens is 3. The molecule has 0 aliphatic rings. The summed E-state index contributed by atoms with van der Waals surface area (Å²) in [5, 5.41) is 8.76. The summed E-state index contributed by atoms with van der Waals surface area (Å²) in [6, 6.07) is 0. The molecule has 9 heteroatoms. The molecule has 19 heavy (non-hydrogen) atoms. The van der Waals surface area contributed by atoms with Crippen molar-refractivity contribution in [3.8, 4) is 0 Å². The summed E-state index contributed by atoms with van der Waals surface area (Å²) in [6.45, 7) is 4.06. The lowest BCUT2D eigenvalue weighted by Crippen LogP contribution is -2.31. The van der Waals surface area contributed by atoms with Crippen LogP contribution in [0, 0.1) is 0 Å². The lowest BCUT2D eigenvalue weighted by atomic mass is 10.4. The summed E-state index contributed by atoms with van der Waals surface area (Å²) < 4.78 is 38.4. The third-order valence-electron chi connectivity index (χ3n) is 2.29. The average molecular weight is 296 g/mol. The molecule has 0 saturated carbocycles. The number of hydrogen-bond acceptors (Lipinski definition) is 4. The van der Waals surface area contributed by atoms with Crippen molar-refractivity contribution >= 4 is 17.7 Å². The van der Waals surface area contributed by atoms with Crippen LogP contribution in [0.5, 0.6) is 0 Å². The van der Waals surface area contributed by atoms with Crippen LogP contribution in [0.3, 0.4) is 0 Å². The Hall–Kier alpha value is -1.25. The standard InChI is InChI=1S/C10H15F3N4OS/c1-4-5-14-7(18)6(2)19-9-16-15-8(17(9)3)10(11,12)13/h6H,4-5H2,1-3H3,(H,14,18)/t6-/m1/s1. The summed E-state index contributed by atoms with van der Waals surface area (Å²) >= 11 is 0.943. The highest BCUT2D eigenvalue weighted by molar-refractivity contribution is 8.00. The Morgan fingerprint density at radius 1 is 1.47 bits per heavy atom. The van der Waals surface area contributed by atoms with E-state index in [4.69, 9.17) is 0 Å². The summed E-state index contributed by atoms with van der Waals surface area (Å²) in [5.74, 6) is -1.31. The quantitative estimate of drug-likeness (QED) is 0.842. The number of carbonyl (C=O) groups is 1. The zero-order valence-corrected chi connectivity index (χ0v) is 11.6. The first-order valence-electron chi connectivity index (χ1n) is 5.68. The average Bonchev–Trinajstić information content (AvgIpc) is 2.67. The molecule has 1 aromatic heterocycles. The molecule has 0 spiro atoms. The van der Waals surface area contributed by atoms with E-state index in [1.165, 1.54) is 7.05 Å². The molecule has 0 aromatic carbocycles. The topological polar surface area (TPSA) is 59.8 Å². The molecule has 1 aromatic rings. The molecule has 108 valence electrons. The maximum absolute atomic E-state index is 12.5. The van der Waals surface area contributed by atoms with Crippen LogP contribution in [-0.2, 0) is 18.0 Å². The Labute approximate surface area is 113 Å². The monoisotopic (exact) mass is 296 g/mol. The van der Waals surface area contributed by atoms with Crippen LogP contribution < -0.4 is 5.32 Å². The van der Waals surface area contributed by atoms with E-state index in [1.807, 2.05) is 6.92 Å². The second-order valence-corrected chi connectivity index (χ2v) is 5.22. The fourth-order valence-electron chi connectivity index (χ4n) is 1.27. The normalized spacial score (nSPS) is 13.4. The van der Waals surface area contributed by atoms with Gasteiger partial charge >= 0.3 is 6.18 Å². The SMILES string of the molecule is CCCNC(=O)[C@@H](C)Sc1nnc(C(F)(F)F)n1C. The van der Waals surface area contributed by atoms with Crippen molar-refractivity contribution in [1.29, 1.82) is 0 Å². The number of rotatable bonds is 5. The molecule has 0 aliphatic heterocycles. The third-order valence-corrected chi connectivity index (χ3v) is 3.42. The number of thioether (sulfide) groups is 1. The van der Waals surface area contributed by atoms with Crippen LogP contribution in [0.4, 0.5) is 13.2 Å². The molecule has 5 nitrogen and oxygen atoms in total. The van der Waals surface area contributed by atoms with E-state index >= 15 is 0 Å². The van der Waals surface area contributed by atoms with Crippen molar-refractivity contribution in [3.63, 3.8) is 0 Å². The molecule has 0 bridgehead atoms. The maximum atomic E-state index is 12.5. The number of nitrogens with zero attached hydrogens (tertiary/aromatic N) is 3. The lowest BCUT2D eigenvalue weighted by molar-refractivity contribution is -0.147. The number of hydrogen-bond donors (Lipinski definition) is 1. The fraction of sp³-hybridized carbons (Fsp3) is 0.700. The zero-order chi connectivity index (χ0) is 14.6. The minimum Gasteiger partial charge on any atom is -0.355 e. The number of aromatic nitrogens is 3. The van der Waals surface area contributed by atoms with E-state index in [0.29, 0.717) is 6.54 Å². The van der Waals surface area contributed by atoms with E-state index < -0.39 is 17.3 Å². The van der Waals surface area contributed by atoms with Gasteiger partial charge in [-0.1, -0.05) is 18.7 Å². The van der Waals surface area contributed by atoms with E-state index in [-0.39, 0.29) is 11.1 Å². The molecule has 1 N–H and O–H groups in total. The van der Waals surface area contributed by atoms with Gasteiger partial charge in [0.2, 0.25) is 11.7 Å². The Kier molecular flexibility index (Phi) is 5.21. The number of nitrogens with one attached hydrogen (secondary N) is 1. The second kappa shape index (κ2) is 6.27. The molecular weight excluding hydrogens is 281 g/mol. The largest absolute Gasteiger partial charge is 0.451 e. The lowest BCUT2D eigenvalue weighted by Gasteiger charge is -2.11.